The second kappa shape index (κ2) is 9.17. The number of amides is 1. The predicted molar refractivity (Wildman–Crippen MR) is 78.8 cm³/mol. The lowest BCUT2D eigenvalue weighted by Gasteiger charge is -2.11. The molecule has 0 atom stereocenters. The fourth-order valence-corrected chi connectivity index (χ4v) is 1.49. The lowest BCUT2D eigenvalue weighted by atomic mass is 10.1. The van der Waals surface area contributed by atoms with Gasteiger partial charge in [0, 0.05) is 13.0 Å². The summed E-state index contributed by atoms with van der Waals surface area (Å²) in [6.07, 6.45) is 0.323. The van der Waals surface area contributed by atoms with Crippen LogP contribution < -0.4 is 15.4 Å². The summed E-state index contributed by atoms with van der Waals surface area (Å²) in [7, 11) is 4.55. The number of halogens is 1. The Kier molecular flexibility index (Phi) is 8.35. The monoisotopic (exact) mass is 302 g/mol. The van der Waals surface area contributed by atoms with E-state index in [1.807, 2.05) is 0 Å². The van der Waals surface area contributed by atoms with Gasteiger partial charge in [-0.15, -0.1) is 12.4 Å². The minimum atomic E-state index is -0.525. The molecule has 0 unspecified atom stereocenters. The summed E-state index contributed by atoms with van der Waals surface area (Å²) >= 11 is 0. The molecule has 0 radical (unpaired) electrons. The van der Waals surface area contributed by atoms with Crippen LogP contribution in [-0.4, -0.2) is 39.7 Å². The zero-order chi connectivity index (χ0) is 14.3. The molecule has 2 N–H and O–H groups in total. The Morgan fingerprint density at radius 1 is 1.25 bits per heavy atom. The Hall–Kier alpha value is -1.79. The van der Waals surface area contributed by atoms with Crippen LogP contribution in [0.25, 0.3) is 0 Å². The Bertz CT molecular complexity index is 466. The third-order valence-electron chi connectivity index (χ3n) is 2.51. The van der Waals surface area contributed by atoms with Crippen LogP contribution in [0.2, 0.25) is 0 Å². The standard InChI is InChI=1S/C13H18N2O4.ClH/c1-14-7-6-12(16)15-11-5-4-9(18-2)8-10(11)13(17)19-3;/h4-5,8,14H,6-7H2,1-3H3,(H,15,16);1H. The third kappa shape index (κ3) is 5.07. The van der Waals surface area contributed by atoms with E-state index in [-0.39, 0.29) is 23.9 Å². The molecule has 6 nitrogen and oxygen atoms in total. The molecule has 7 heteroatoms. The van der Waals surface area contributed by atoms with Crippen LogP contribution in [0, 0.1) is 0 Å². The molecule has 20 heavy (non-hydrogen) atoms. The zero-order valence-corrected chi connectivity index (χ0v) is 12.5. The number of hydrogen-bond acceptors (Lipinski definition) is 5. The van der Waals surface area contributed by atoms with Gasteiger partial charge in [-0.3, -0.25) is 4.79 Å². The van der Waals surface area contributed by atoms with Gasteiger partial charge in [-0.25, -0.2) is 4.79 Å². The molecule has 0 saturated heterocycles. The number of anilines is 1. The number of esters is 1. The van der Waals surface area contributed by atoms with Gasteiger partial charge in [0.2, 0.25) is 5.91 Å². The summed E-state index contributed by atoms with van der Waals surface area (Å²) in [6, 6.07) is 4.81. The van der Waals surface area contributed by atoms with Crippen molar-refractivity contribution < 1.29 is 19.1 Å². The van der Waals surface area contributed by atoms with Gasteiger partial charge in [-0.2, -0.15) is 0 Å². The molecule has 1 aromatic rings. The van der Waals surface area contributed by atoms with Crippen LogP contribution in [0.4, 0.5) is 5.69 Å². The summed E-state index contributed by atoms with van der Waals surface area (Å²) in [5.74, 6) is -0.180. The number of carbonyl (C=O) groups excluding carboxylic acids is 2. The summed E-state index contributed by atoms with van der Waals surface area (Å²) in [5, 5.41) is 5.56. The Balaban J connectivity index is 0.00000361. The van der Waals surface area contributed by atoms with E-state index in [0.29, 0.717) is 24.4 Å². The molecule has 0 bridgehead atoms. The van der Waals surface area contributed by atoms with Gasteiger partial charge in [0.05, 0.1) is 25.5 Å². The number of hydrogen-bond donors (Lipinski definition) is 2. The van der Waals surface area contributed by atoms with Crippen molar-refractivity contribution in [2.45, 2.75) is 6.42 Å². The normalized spacial score (nSPS) is 9.35. The van der Waals surface area contributed by atoms with Crippen molar-refractivity contribution in [3.63, 3.8) is 0 Å². The number of benzene rings is 1. The van der Waals surface area contributed by atoms with Gasteiger partial charge >= 0.3 is 5.97 Å². The summed E-state index contributed by atoms with van der Waals surface area (Å²) in [6.45, 7) is 0.565. The number of carbonyl (C=O) groups is 2. The van der Waals surface area contributed by atoms with Crippen LogP contribution in [0.1, 0.15) is 16.8 Å². The first-order chi connectivity index (χ1) is 9.12. The van der Waals surface area contributed by atoms with Crippen LogP contribution in [0.15, 0.2) is 18.2 Å². The van der Waals surface area contributed by atoms with Crippen molar-refractivity contribution in [1.82, 2.24) is 5.32 Å². The first-order valence-corrected chi connectivity index (χ1v) is 5.83. The molecule has 1 aromatic carbocycles. The molecular formula is C13H19ClN2O4. The summed E-state index contributed by atoms with van der Waals surface area (Å²) in [4.78, 5) is 23.3. The average Bonchev–Trinajstić information content (AvgIpc) is 2.44. The molecule has 0 aliphatic heterocycles. The van der Waals surface area contributed by atoms with Gasteiger partial charge < -0.3 is 20.1 Å². The van der Waals surface area contributed by atoms with Crippen LogP contribution >= 0.6 is 12.4 Å². The molecule has 112 valence electrons. The molecule has 0 aliphatic rings. The predicted octanol–water partition coefficient (Wildman–Crippen LogP) is 1.45. The summed E-state index contributed by atoms with van der Waals surface area (Å²) in [5.41, 5.74) is 0.674. The van der Waals surface area contributed by atoms with Crippen LogP contribution in [-0.2, 0) is 9.53 Å². The van der Waals surface area contributed by atoms with E-state index >= 15 is 0 Å². The van der Waals surface area contributed by atoms with Crippen molar-refractivity contribution in [3.8, 4) is 5.75 Å². The SMILES string of the molecule is CNCCC(=O)Nc1ccc(OC)cc1C(=O)OC.Cl. The molecule has 1 rings (SSSR count). The highest BCUT2D eigenvalue weighted by Crippen LogP contribution is 2.23. The Labute approximate surface area is 124 Å². The van der Waals surface area contributed by atoms with E-state index in [2.05, 4.69) is 15.4 Å². The fraction of sp³-hybridized carbons (Fsp3) is 0.385. The highest BCUT2D eigenvalue weighted by atomic mass is 35.5. The molecule has 0 aliphatic carbocycles. The molecule has 0 heterocycles. The smallest absolute Gasteiger partial charge is 0.340 e. The van der Waals surface area contributed by atoms with Crippen LogP contribution in [0.3, 0.4) is 0 Å². The van der Waals surface area contributed by atoms with E-state index in [4.69, 9.17) is 4.74 Å². The Morgan fingerprint density at radius 2 is 1.95 bits per heavy atom. The number of nitrogens with one attached hydrogen (secondary N) is 2. The van der Waals surface area contributed by atoms with Crippen molar-refractivity contribution in [1.29, 1.82) is 0 Å². The third-order valence-corrected chi connectivity index (χ3v) is 2.51. The minimum absolute atomic E-state index is 0. The van der Waals surface area contributed by atoms with E-state index in [0.717, 1.165) is 0 Å². The average molecular weight is 303 g/mol. The number of methoxy groups -OCH3 is 2. The maximum Gasteiger partial charge on any atom is 0.340 e. The van der Waals surface area contributed by atoms with Gasteiger partial charge in [0.25, 0.3) is 0 Å². The topological polar surface area (TPSA) is 76.7 Å². The maximum absolute atomic E-state index is 11.7. The zero-order valence-electron chi connectivity index (χ0n) is 11.7. The number of rotatable bonds is 6. The van der Waals surface area contributed by atoms with Crippen molar-refractivity contribution >= 4 is 30.0 Å². The molecule has 1 amide bonds. The van der Waals surface area contributed by atoms with Crippen molar-refractivity contribution in [3.05, 3.63) is 23.8 Å². The highest BCUT2D eigenvalue weighted by Gasteiger charge is 2.15. The fourth-order valence-electron chi connectivity index (χ4n) is 1.49. The van der Waals surface area contributed by atoms with Gasteiger partial charge in [-0.1, -0.05) is 0 Å². The van der Waals surface area contributed by atoms with Gasteiger partial charge in [0.1, 0.15) is 5.75 Å². The number of ether oxygens (including phenoxy) is 2. The van der Waals surface area contributed by atoms with E-state index in [1.165, 1.54) is 20.3 Å². The lowest BCUT2D eigenvalue weighted by Crippen LogP contribution is -2.20. The molecular weight excluding hydrogens is 284 g/mol. The van der Waals surface area contributed by atoms with Crippen molar-refractivity contribution in [2.75, 3.05) is 33.1 Å². The lowest BCUT2D eigenvalue weighted by molar-refractivity contribution is -0.116. The second-order valence-corrected chi connectivity index (χ2v) is 3.80. The molecule has 0 saturated carbocycles. The van der Waals surface area contributed by atoms with Crippen molar-refractivity contribution in [2.24, 2.45) is 0 Å². The van der Waals surface area contributed by atoms with E-state index in [9.17, 15) is 9.59 Å². The maximum atomic E-state index is 11.7. The van der Waals surface area contributed by atoms with Gasteiger partial charge in [-0.05, 0) is 25.2 Å². The second-order valence-electron chi connectivity index (χ2n) is 3.80. The molecule has 0 aromatic heterocycles. The summed E-state index contributed by atoms with van der Waals surface area (Å²) < 4.78 is 9.72. The van der Waals surface area contributed by atoms with Gasteiger partial charge in [0.15, 0.2) is 0 Å². The Morgan fingerprint density at radius 3 is 2.50 bits per heavy atom. The first-order valence-electron chi connectivity index (χ1n) is 5.83. The van der Waals surface area contributed by atoms with E-state index < -0.39 is 5.97 Å². The largest absolute Gasteiger partial charge is 0.497 e. The first kappa shape index (κ1) is 18.2. The molecule has 0 fully saturated rings. The van der Waals surface area contributed by atoms with Crippen LogP contribution in [0.5, 0.6) is 5.75 Å². The quantitative estimate of drug-likeness (QED) is 0.778. The molecule has 0 spiro atoms. The highest BCUT2D eigenvalue weighted by molar-refractivity contribution is 6.01. The minimum Gasteiger partial charge on any atom is -0.497 e. The van der Waals surface area contributed by atoms with E-state index in [1.54, 1.807) is 19.2 Å².